The van der Waals surface area contributed by atoms with E-state index in [1.165, 1.54) is 0 Å². The van der Waals surface area contributed by atoms with Gasteiger partial charge in [0.15, 0.2) is 11.6 Å². The van der Waals surface area contributed by atoms with Gasteiger partial charge in [-0.1, -0.05) is 38.1 Å². The number of carbonyl (C=O) groups excluding carboxylic acids is 4. The molecule has 340 valence electrons. The summed E-state index contributed by atoms with van der Waals surface area (Å²) in [6, 6.07) is 31.4. The Hall–Kier alpha value is -5.40. The maximum atomic E-state index is 14.2. The minimum absolute atomic E-state index is 0.0663. The maximum absolute atomic E-state index is 14.2. The summed E-state index contributed by atoms with van der Waals surface area (Å²) >= 11 is 0. The van der Waals surface area contributed by atoms with E-state index in [1.54, 1.807) is 0 Å². The molecule has 2 amide bonds. The third kappa shape index (κ3) is 9.95. The molecule has 7 rings (SSSR count). The number of Topliss-reactive ketones (excluding diaryl/α,β-unsaturated/α-hetero) is 2. The average molecular weight is 869 g/mol. The Morgan fingerprint density at radius 2 is 0.750 bits per heavy atom. The number of anilines is 2. The van der Waals surface area contributed by atoms with E-state index in [-0.39, 0.29) is 23.4 Å². The van der Waals surface area contributed by atoms with Crippen LogP contribution in [0.1, 0.15) is 79.2 Å². The number of carbonyl (C=O) groups is 4. The Kier molecular flexibility index (Phi) is 15.0. The molecule has 3 fully saturated rings. The number of benzene rings is 4. The van der Waals surface area contributed by atoms with E-state index < -0.39 is 11.1 Å². The predicted molar refractivity (Wildman–Crippen MR) is 257 cm³/mol. The van der Waals surface area contributed by atoms with Crippen LogP contribution in [-0.2, 0) is 12.8 Å². The fraction of sp³-hybridized carbons (Fsp3) is 0.462. The van der Waals surface area contributed by atoms with Crippen molar-refractivity contribution in [2.75, 3.05) is 117 Å². The van der Waals surface area contributed by atoms with Crippen LogP contribution >= 0.6 is 0 Å². The van der Waals surface area contributed by atoms with Crippen molar-refractivity contribution in [2.45, 2.75) is 50.6 Å². The molecule has 3 heterocycles. The smallest absolute Gasteiger partial charge is 0.253 e. The molecule has 3 saturated heterocycles. The zero-order valence-electron chi connectivity index (χ0n) is 38.9. The van der Waals surface area contributed by atoms with Crippen molar-refractivity contribution < 1.29 is 19.2 Å². The van der Waals surface area contributed by atoms with E-state index in [0.29, 0.717) is 74.1 Å². The van der Waals surface area contributed by atoms with Gasteiger partial charge in [-0.25, -0.2) is 0 Å². The summed E-state index contributed by atoms with van der Waals surface area (Å²) in [5, 5.41) is 6.78. The molecule has 0 spiro atoms. The first-order valence-corrected chi connectivity index (χ1v) is 23.2. The average Bonchev–Trinajstić information content (AvgIpc) is 3.35. The fourth-order valence-corrected chi connectivity index (χ4v) is 9.80. The Bertz CT molecular complexity index is 2050. The van der Waals surface area contributed by atoms with Gasteiger partial charge in [-0.15, -0.1) is 0 Å². The van der Waals surface area contributed by atoms with E-state index in [4.69, 9.17) is 0 Å². The van der Waals surface area contributed by atoms with Crippen molar-refractivity contribution in [2.24, 2.45) is 0 Å². The van der Waals surface area contributed by atoms with Crippen molar-refractivity contribution in [3.05, 3.63) is 130 Å². The number of rotatable bonds is 16. The summed E-state index contributed by atoms with van der Waals surface area (Å²) in [5.74, 6) is 0.0497. The largest absolute Gasteiger partial charge is 0.369 e. The lowest BCUT2D eigenvalue weighted by molar-refractivity contribution is 0.0535. The molecule has 4 aromatic carbocycles. The fourth-order valence-electron chi connectivity index (χ4n) is 9.80. The first-order chi connectivity index (χ1) is 30.9. The van der Waals surface area contributed by atoms with Gasteiger partial charge in [-0.05, 0) is 138 Å². The lowest BCUT2D eigenvalue weighted by Gasteiger charge is -2.38. The number of piperazine rings is 3. The zero-order valence-corrected chi connectivity index (χ0v) is 38.9. The van der Waals surface area contributed by atoms with Crippen LogP contribution in [0.15, 0.2) is 97.1 Å². The first kappa shape index (κ1) is 46.6. The minimum Gasteiger partial charge on any atom is -0.369 e. The number of likely N-dealkylation sites (N-methyl/N-ethyl adjacent to an activating group) is 2. The van der Waals surface area contributed by atoms with Gasteiger partial charge in [0.2, 0.25) is 0 Å². The molecule has 0 bridgehead atoms. The van der Waals surface area contributed by atoms with Crippen molar-refractivity contribution in [3.63, 3.8) is 0 Å². The van der Waals surface area contributed by atoms with Gasteiger partial charge in [-0.2, -0.15) is 0 Å². The van der Waals surface area contributed by atoms with Crippen LogP contribution < -0.4 is 20.4 Å². The van der Waals surface area contributed by atoms with E-state index in [0.717, 1.165) is 74.9 Å². The number of nitrogens with one attached hydrogen (secondary N) is 2. The van der Waals surface area contributed by atoms with Crippen molar-refractivity contribution >= 4 is 34.8 Å². The second kappa shape index (κ2) is 20.6. The van der Waals surface area contributed by atoms with E-state index in [9.17, 15) is 19.2 Å². The Labute approximate surface area is 380 Å². The highest BCUT2D eigenvalue weighted by atomic mass is 16.2. The van der Waals surface area contributed by atoms with Crippen LogP contribution in [-0.4, -0.2) is 161 Å². The molecule has 64 heavy (non-hydrogen) atoms. The van der Waals surface area contributed by atoms with Crippen molar-refractivity contribution in [3.8, 4) is 0 Å². The van der Waals surface area contributed by atoms with Crippen LogP contribution in [0.3, 0.4) is 0 Å². The Morgan fingerprint density at radius 3 is 1.03 bits per heavy atom. The summed E-state index contributed by atoms with van der Waals surface area (Å²) in [4.78, 5) is 68.2. The molecule has 3 aliphatic heterocycles. The molecular formula is C52H68N8O4. The van der Waals surface area contributed by atoms with Crippen LogP contribution in [0.25, 0.3) is 0 Å². The lowest BCUT2D eigenvalue weighted by Crippen LogP contribution is -2.52. The normalized spacial score (nSPS) is 17.9. The van der Waals surface area contributed by atoms with E-state index >= 15 is 0 Å². The van der Waals surface area contributed by atoms with Crippen molar-refractivity contribution in [1.82, 2.24) is 30.2 Å². The number of hydrogen-bond donors (Lipinski definition) is 2. The molecule has 0 saturated carbocycles. The third-order valence-corrected chi connectivity index (χ3v) is 14.2. The van der Waals surface area contributed by atoms with Gasteiger partial charge >= 0.3 is 0 Å². The van der Waals surface area contributed by atoms with Crippen LogP contribution in [0.5, 0.6) is 0 Å². The molecule has 12 heteroatoms. The van der Waals surface area contributed by atoms with Crippen LogP contribution in [0.2, 0.25) is 0 Å². The molecular weight excluding hydrogens is 801 g/mol. The molecule has 3 aliphatic rings. The summed E-state index contributed by atoms with van der Waals surface area (Å²) in [6.45, 7) is 13.5. The van der Waals surface area contributed by atoms with Gasteiger partial charge in [0, 0.05) is 112 Å². The summed E-state index contributed by atoms with van der Waals surface area (Å²) in [6.07, 6.45) is 2.31. The summed E-state index contributed by atoms with van der Waals surface area (Å²) in [5.41, 5.74) is 5.35. The second-order valence-electron chi connectivity index (χ2n) is 18.1. The predicted octanol–water partition coefficient (Wildman–Crippen LogP) is 5.38. The van der Waals surface area contributed by atoms with Gasteiger partial charge < -0.3 is 30.2 Å². The second-order valence-corrected chi connectivity index (χ2v) is 18.1. The highest BCUT2D eigenvalue weighted by molar-refractivity contribution is 6.04. The van der Waals surface area contributed by atoms with Gasteiger partial charge in [-0.3, -0.25) is 29.0 Å². The number of amides is 2. The zero-order chi connectivity index (χ0) is 45.4. The Balaban J connectivity index is 0.934. The standard InChI is InChI=1S/C52H68N8O4/c1-7-51(55(3)4,47(61)41-17-21-45(22-18-41)57-29-25-53-26-30-57)37-39-9-13-43(14-10-39)49(63)59-33-35-60(36-34-59)50(64)44-15-11-40(12-16-44)38-52(8-2,56(5)6)48(62)42-19-23-46(24-20-42)58-31-27-54-28-32-58/h9-24,53-54H,7-8,25-38H2,1-6H3. The number of hydrogen-bond acceptors (Lipinski definition) is 10. The number of ketones is 2. The molecule has 2 unspecified atom stereocenters. The minimum atomic E-state index is -0.741. The molecule has 12 nitrogen and oxygen atoms in total. The molecule has 2 N–H and O–H groups in total. The molecule has 4 aromatic rings. The topological polar surface area (TPSA) is 112 Å². The number of nitrogens with zero attached hydrogens (tertiary/aromatic N) is 6. The van der Waals surface area contributed by atoms with Crippen molar-refractivity contribution in [1.29, 1.82) is 0 Å². The quantitative estimate of drug-likeness (QED) is 0.143. The monoisotopic (exact) mass is 869 g/mol. The SMILES string of the molecule is CCC(Cc1ccc(C(=O)N2CCN(C(=O)c3ccc(CC(CC)(C(=O)c4ccc(N5CCNCC5)cc4)N(C)C)cc3)CC2)cc1)(C(=O)c1ccc(N2CCNCC2)cc1)N(C)C. The first-order valence-electron chi connectivity index (χ1n) is 23.2. The summed E-state index contributed by atoms with van der Waals surface area (Å²) in [7, 11) is 7.87. The van der Waals surface area contributed by atoms with E-state index in [2.05, 4.69) is 58.5 Å². The van der Waals surface area contributed by atoms with Gasteiger partial charge in [0.25, 0.3) is 11.8 Å². The molecule has 0 radical (unpaired) electrons. The van der Waals surface area contributed by atoms with Gasteiger partial charge in [0.05, 0.1) is 11.1 Å². The maximum Gasteiger partial charge on any atom is 0.253 e. The highest BCUT2D eigenvalue weighted by Crippen LogP contribution is 2.31. The molecule has 2 atom stereocenters. The third-order valence-electron chi connectivity index (χ3n) is 14.2. The Morgan fingerprint density at radius 1 is 0.453 bits per heavy atom. The van der Waals surface area contributed by atoms with E-state index in [1.807, 2.05) is 121 Å². The highest BCUT2D eigenvalue weighted by Gasteiger charge is 2.41. The van der Waals surface area contributed by atoms with Gasteiger partial charge in [0.1, 0.15) is 0 Å². The summed E-state index contributed by atoms with van der Waals surface area (Å²) < 4.78 is 0. The molecule has 0 aromatic heterocycles. The van der Waals surface area contributed by atoms with Crippen LogP contribution in [0, 0.1) is 0 Å². The lowest BCUT2D eigenvalue weighted by atomic mass is 9.80. The van der Waals surface area contributed by atoms with Crippen LogP contribution in [0.4, 0.5) is 11.4 Å². The molecule has 0 aliphatic carbocycles.